The first-order valence-electron chi connectivity index (χ1n) is 5.87. The molecular weight excluding hydrogens is 312 g/mol. The van der Waals surface area contributed by atoms with Crippen molar-refractivity contribution < 1.29 is 0 Å². The Balaban J connectivity index is 0.00000121. The van der Waals surface area contributed by atoms with E-state index in [1.165, 1.54) is 0 Å². The molecule has 0 aliphatic carbocycles. The summed E-state index contributed by atoms with van der Waals surface area (Å²) in [4.78, 5) is 13.5. The highest BCUT2D eigenvalue weighted by Gasteiger charge is 2.06. The Morgan fingerprint density at radius 1 is 1.25 bits per heavy atom. The number of thiazole rings is 1. The number of thioether (sulfide) groups is 1. The van der Waals surface area contributed by atoms with E-state index in [-0.39, 0.29) is 12.4 Å². The lowest BCUT2D eigenvalue weighted by molar-refractivity contribution is 1.07. The van der Waals surface area contributed by atoms with Crippen LogP contribution >= 0.6 is 35.5 Å². The number of H-pyrrole nitrogens is 1. The van der Waals surface area contributed by atoms with Crippen LogP contribution < -0.4 is 0 Å². The molecule has 1 N–H and O–H groups in total. The first-order chi connectivity index (χ1) is 9.38. The third-order valence-corrected chi connectivity index (χ3v) is 4.55. The van der Waals surface area contributed by atoms with Crippen molar-refractivity contribution in [3.05, 3.63) is 47.7 Å². The van der Waals surface area contributed by atoms with Crippen LogP contribution in [0.3, 0.4) is 0 Å². The Labute approximate surface area is 129 Å². The number of halogens is 1. The maximum absolute atomic E-state index is 4.56. The van der Waals surface area contributed by atoms with Gasteiger partial charge in [-0.3, -0.25) is 4.40 Å². The first-order valence-corrected chi connectivity index (χ1v) is 7.74. The molecular formula is C13H11ClN4S2. The van der Waals surface area contributed by atoms with Gasteiger partial charge in [-0.15, -0.1) is 23.7 Å². The fourth-order valence-electron chi connectivity index (χ4n) is 1.99. The zero-order valence-corrected chi connectivity index (χ0v) is 12.8. The van der Waals surface area contributed by atoms with Crippen LogP contribution in [0.5, 0.6) is 0 Å². The summed E-state index contributed by atoms with van der Waals surface area (Å²) in [7, 11) is 0. The molecule has 0 fully saturated rings. The lowest BCUT2D eigenvalue weighted by Gasteiger charge is -1.92. The molecule has 20 heavy (non-hydrogen) atoms. The third kappa shape index (κ3) is 2.42. The molecule has 3 heterocycles. The SMILES string of the molecule is Cl.c1ccc2[nH]c(SCc3cn4ccsc4n3)nc2c1. The van der Waals surface area contributed by atoms with Gasteiger partial charge < -0.3 is 4.98 Å². The average Bonchev–Trinajstić information content (AvgIpc) is 3.09. The van der Waals surface area contributed by atoms with Gasteiger partial charge in [-0.25, -0.2) is 9.97 Å². The molecule has 102 valence electrons. The second kappa shape index (κ2) is 5.47. The molecule has 0 spiro atoms. The molecule has 7 heteroatoms. The van der Waals surface area contributed by atoms with E-state index in [0.29, 0.717) is 0 Å². The summed E-state index contributed by atoms with van der Waals surface area (Å²) in [6.45, 7) is 0. The number of aromatic nitrogens is 4. The van der Waals surface area contributed by atoms with Crippen LogP contribution in [0, 0.1) is 0 Å². The van der Waals surface area contributed by atoms with Gasteiger partial charge in [0, 0.05) is 23.5 Å². The first kappa shape index (κ1) is 13.5. The Morgan fingerprint density at radius 2 is 2.15 bits per heavy atom. The normalized spacial score (nSPS) is 11.0. The molecule has 0 aliphatic rings. The van der Waals surface area contributed by atoms with Gasteiger partial charge in [0.2, 0.25) is 0 Å². The molecule has 0 amide bonds. The highest BCUT2D eigenvalue weighted by atomic mass is 35.5. The largest absolute Gasteiger partial charge is 0.333 e. The molecule has 1 aromatic carbocycles. The van der Waals surface area contributed by atoms with E-state index in [1.807, 2.05) is 35.8 Å². The highest BCUT2D eigenvalue weighted by Crippen LogP contribution is 2.23. The Hall–Kier alpha value is -1.50. The number of rotatable bonds is 3. The van der Waals surface area contributed by atoms with Crippen LogP contribution in [0.4, 0.5) is 0 Å². The maximum atomic E-state index is 4.56. The summed E-state index contributed by atoms with van der Waals surface area (Å²) in [5.74, 6) is 0.828. The lowest BCUT2D eigenvalue weighted by Crippen LogP contribution is -1.81. The molecule has 0 bridgehead atoms. The monoisotopic (exact) mass is 322 g/mol. The van der Waals surface area contributed by atoms with Gasteiger partial charge in [-0.2, -0.15) is 0 Å². The van der Waals surface area contributed by atoms with Gasteiger partial charge in [-0.05, 0) is 12.1 Å². The predicted octanol–water partition coefficient (Wildman–Crippen LogP) is 3.99. The van der Waals surface area contributed by atoms with E-state index in [1.54, 1.807) is 23.1 Å². The highest BCUT2D eigenvalue weighted by molar-refractivity contribution is 7.98. The fraction of sp³-hybridized carbons (Fsp3) is 0.0769. The number of benzene rings is 1. The van der Waals surface area contributed by atoms with E-state index in [0.717, 1.165) is 32.6 Å². The fourth-order valence-corrected chi connectivity index (χ4v) is 3.47. The summed E-state index contributed by atoms with van der Waals surface area (Å²) in [5, 5.41) is 2.98. The quantitative estimate of drug-likeness (QED) is 0.580. The third-order valence-electron chi connectivity index (χ3n) is 2.87. The van der Waals surface area contributed by atoms with Gasteiger partial charge in [0.1, 0.15) is 0 Å². The molecule has 4 nitrogen and oxygen atoms in total. The zero-order chi connectivity index (χ0) is 12.7. The van der Waals surface area contributed by atoms with E-state index in [2.05, 4.69) is 25.5 Å². The average molecular weight is 323 g/mol. The number of hydrogen-bond acceptors (Lipinski definition) is 4. The maximum Gasteiger partial charge on any atom is 0.193 e. The summed E-state index contributed by atoms with van der Waals surface area (Å²) in [6, 6.07) is 8.07. The second-order valence-electron chi connectivity index (χ2n) is 4.17. The number of hydrogen-bond donors (Lipinski definition) is 1. The number of nitrogens with zero attached hydrogens (tertiary/aromatic N) is 3. The van der Waals surface area contributed by atoms with Crippen molar-refractivity contribution in [1.82, 2.24) is 19.4 Å². The number of imidazole rings is 2. The van der Waals surface area contributed by atoms with Crippen molar-refractivity contribution in [3.8, 4) is 0 Å². The van der Waals surface area contributed by atoms with Crippen LogP contribution in [0.25, 0.3) is 16.0 Å². The summed E-state index contributed by atoms with van der Waals surface area (Å²) in [6.07, 6.45) is 4.10. The van der Waals surface area contributed by atoms with Crippen LogP contribution in [0.2, 0.25) is 0 Å². The topological polar surface area (TPSA) is 46.0 Å². The van der Waals surface area contributed by atoms with Crippen molar-refractivity contribution in [3.63, 3.8) is 0 Å². The molecule has 0 saturated carbocycles. The lowest BCUT2D eigenvalue weighted by atomic mass is 10.3. The molecule has 0 radical (unpaired) electrons. The van der Waals surface area contributed by atoms with E-state index < -0.39 is 0 Å². The van der Waals surface area contributed by atoms with Crippen molar-refractivity contribution in [2.75, 3.05) is 0 Å². The van der Waals surface area contributed by atoms with E-state index in [9.17, 15) is 0 Å². The molecule has 0 unspecified atom stereocenters. The van der Waals surface area contributed by atoms with Crippen molar-refractivity contribution in [2.45, 2.75) is 10.9 Å². The molecule has 4 rings (SSSR count). The van der Waals surface area contributed by atoms with Crippen molar-refractivity contribution >= 4 is 51.5 Å². The van der Waals surface area contributed by atoms with Crippen molar-refractivity contribution in [1.29, 1.82) is 0 Å². The molecule has 0 atom stereocenters. The smallest absolute Gasteiger partial charge is 0.193 e. The predicted molar refractivity (Wildman–Crippen MR) is 86.0 cm³/mol. The minimum absolute atomic E-state index is 0. The number of nitrogens with one attached hydrogen (secondary N) is 1. The van der Waals surface area contributed by atoms with Gasteiger partial charge in [-0.1, -0.05) is 23.9 Å². The molecule has 0 saturated heterocycles. The Kier molecular flexibility index (Phi) is 3.69. The minimum atomic E-state index is 0. The molecule has 3 aromatic heterocycles. The summed E-state index contributed by atoms with van der Waals surface area (Å²) < 4.78 is 2.05. The van der Waals surface area contributed by atoms with Gasteiger partial charge >= 0.3 is 0 Å². The summed E-state index contributed by atoms with van der Waals surface area (Å²) in [5.41, 5.74) is 3.17. The van der Waals surface area contributed by atoms with Gasteiger partial charge in [0.05, 0.1) is 16.7 Å². The molecule has 4 aromatic rings. The standard InChI is InChI=1S/C13H10N4S2.ClH/c1-2-4-11-10(3-1)15-12(16-11)19-8-9-7-17-5-6-18-13(17)14-9;/h1-7H,8H2,(H,15,16);1H. The van der Waals surface area contributed by atoms with E-state index >= 15 is 0 Å². The van der Waals surface area contributed by atoms with Gasteiger partial charge in [0.15, 0.2) is 10.1 Å². The van der Waals surface area contributed by atoms with Crippen LogP contribution in [-0.2, 0) is 5.75 Å². The van der Waals surface area contributed by atoms with Crippen LogP contribution in [-0.4, -0.2) is 19.4 Å². The Morgan fingerprint density at radius 3 is 3.00 bits per heavy atom. The number of aromatic amines is 1. The zero-order valence-electron chi connectivity index (χ0n) is 10.3. The minimum Gasteiger partial charge on any atom is -0.333 e. The van der Waals surface area contributed by atoms with Crippen LogP contribution in [0.15, 0.2) is 47.2 Å². The summed E-state index contributed by atoms with van der Waals surface area (Å²) >= 11 is 3.33. The number of fused-ring (bicyclic) bond motifs is 2. The second-order valence-corrected chi connectivity index (χ2v) is 6.01. The van der Waals surface area contributed by atoms with Gasteiger partial charge in [0.25, 0.3) is 0 Å². The van der Waals surface area contributed by atoms with E-state index in [4.69, 9.17) is 0 Å². The van der Waals surface area contributed by atoms with Crippen molar-refractivity contribution in [2.24, 2.45) is 0 Å². The number of para-hydroxylation sites is 2. The Bertz CT molecular complexity index is 787. The molecule has 0 aliphatic heterocycles. The van der Waals surface area contributed by atoms with Crippen LogP contribution in [0.1, 0.15) is 5.69 Å².